The van der Waals surface area contributed by atoms with Crippen molar-refractivity contribution in [3.05, 3.63) is 66.4 Å². The third-order valence-corrected chi connectivity index (χ3v) is 6.92. The second-order valence-corrected chi connectivity index (χ2v) is 9.10. The van der Waals surface area contributed by atoms with Crippen LogP contribution in [0.1, 0.15) is 23.2 Å². The van der Waals surface area contributed by atoms with Crippen LogP contribution in [0, 0.1) is 5.92 Å². The van der Waals surface area contributed by atoms with Gasteiger partial charge in [0.15, 0.2) is 0 Å². The SMILES string of the molecule is Nc1ncc(-c2cccc(C(=O)NC(=O)C3CCNCC3)c2)cc1-c1nc2ccccc2s1. The van der Waals surface area contributed by atoms with Gasteiger partial charge in [-0.2, -0.15) is 0 Å². The first-order valence-corrected chi connectivity index (χ1v) is 11.7. The van der Waals surface area contributed by atoms with Crippen LogP contribution in [0.4, 0.5) is 5.82 Å². The van der Waals surface area contributed by atoms with E-state index in [4.69, 9.17) is 10.7 Å². The number of imide groups is 1. The summed E-state index contributed by atoms with van der Waals surface area (Å²) >= 11 is 1.56. The number of para-hydroxylation sites is 1. The minimum atomic E-state index is -0.393. The summed E-state index contributed by atoms with van der Waals surface area (Å²) in [5.74, 6) is -0.329. The van der Waals surface area contributed by atoms with Gasteiger partial charge in [0.2, 0.25) is 5.91 Å². The van der Waals surface area contributed by atoms with Crippen molar-refractivity contribution in [2.45, 2.75) is 12.8 Å². The van der Waals surface area contributed by atoms with Gasteiger partial charge in [-0.05, 0) is 61.8 Å². The van der Waals surface area contributed by atoms with Crippen molar-refractivity contribution in [3.8, 4) is 21.7 Å². The van der Waals surface area contributed by atoms with Gasteiger partial charge in [-0.1, -0.05) is 24.3 Å². The Hall–Kier alpha value is -3.62. The summed E-state index contributed by atoms with van der Waals surface area (Å²) < 4.78 is 1.08. The van der Waals surface area contributed by atoms with Crippen molar-refractivity contribution >= 4 is 39.2 Å². The molecule has 4 aromatic rings. The van der Waals surface area contributed by atoms with Gasteiger partial charge in [0.1, 0.15) is 10.8 Å². The molecule has 0 atom stereocenters. The number of rotatable bonds is 4. The summed E-state index contributed by atoms with van der Waals surface area (Å²) in [4.78, 5) is 34.3. The fourth-order valence-electron chi connectivity index (χ4n) is 4.00. The Morgan fingerprint density at radius 2 is 1.85 bits per heavy atom. The van der Waals surface area contributed by atoms with Crippen LogP contribution in [0.15, 0.2) is 60.8 Å². The molecular formula is C25H23N5O2S. The van der Waals surface area contributed by atoms with Gasteiger partial charge in [0.05, 0.1) is 15.8 Å². The van der Waals surface area contributed by atoms with Crippen LogP contribution in [-0.2, 0) is 4.79 Å². The third-order valence-electron chi connectivity index (χ3n) is 5.85. The summed E-state index contributed by atoms with van der Waals surface area (Å²) in [6, 6.07) is 17.0. The van der Waals surface area contributed by atoms with E-state index in [0.717, 1.165) is 57.8 Å². The summed E-state index contributed by atoms with van der Waals surface area (Å²) in [7, 11) is 0. The fourth-order valence-corrected chi connectivity index (χ4v) is 4.99. The molecule has 0 unspecified atom stereocenters. The van der Waals surface area contributed by atoms with Gasteiger partial charge in [0.25, 0.3) is 5.91 Å². The summed E-state index contributed by atoms with van der Waals surface area (Å²) in [5.41, 5.74) is 9.90. The maximum atomic E-state index is 12.7. The average Bonchev–Trinajstić information content (AvgIpc) is 3.29. The van der Waals surface area contributed by atoms with E-state index in [1.54, 1.807) is 35.7 Å². The number of aromatic nitrogens is 2. The predicted octanol–water partition coefficient (Wildman–Crippen LogP) is 3.86. The lowest BCUT2D eigenvalue weighted by Gasteiger charge is -2.21. The van der Waals surface area contributed by atoms with Gasteiger partial charge in [-0.15, -0.1) is 11.3 Å². The van der Waals surface area contributed by atoms with Crippen LogP contribution in [-0.4, -0.2) is 34.9 Å². The van der Waals surface area contributed by atoms with Crippen LogP contribution in [0.2, 0.25) is 0 Å². The highest BCUT2D eigenvalue weighted by Crippen LogP contribution is 2.35. The molecule has 0 radical (unpaired) electrons. The molecule has 33 heavy (non-hydrogen) atoms. The molecule has 1 aliphatic rings. The largest absolute Gasteiger partial charge is 0.383 e. The van der Waals surface area contributed by atoms with Gasteiger partial charge < -0.3 is 11.1 Å². The Balaban J connectivity index is 1.41. The van der Waals surface area contributed by atoms with E-state index in [1.807, 2.05) is 36.4 Å². The summed E-state index contributed by atoms with van der Waals surface area (Å²) in [6.07, 6.45) is 3.17. The predicted molar refractivity (Wildman–Crippen MR) is 131 cm³/mol. The van der Waals surface area contributed by atoms with Gasteiger partial charge in [-0.3, -0.25) is 14.9 Å². The monoisotopic (exact) mass is 457 g/mol. The third kappa shape index (κ3) is 4.48. The maximum Gasteiger partial charge on any atom is 0.257 e. The van der Waals surface area contributed by atoms with Crippen LogP contribution in [0.5, 0.6) is 0 Å². The zero-order valence-corrected chi connectivity index (χ0v) is 18.7. The molecule has 1 fully saturated rings. The van der Waals surface area contributed by atoms with E-state index < -0.39 is 5.91 Å². The molecule has 0 bridgehead atoms. The lowest BCUT2D eigenvalue weighted by Crippen LogP contribution is -2.40. The molecule has 2 aromatic heterocycles. The molecule has 1 saturated heterocycles. The number of nitrogens with one attached hydrogen (secondary N) is 2. The first-order chi connectivity index (χ1) is 16.1. The van der Waals surface area contributed by atoms with Crippen molar-refractivity contribution < 1.29 is 9.59 Å². The highest BCUT2D eigenvalue weighted by molar-refractivity contribution is 7.21. The lowest BCUT2D eigenvalue weighted by atomic mass is 9.97. The topological polar surface area (TPSA) is 110 Å². The zero-order chi connectivity index (χ0) is 22.8. The van der Waals surface area contributed by atoms with Crippen molar-refractivity contribution in [1.82, 2.24) is 20.6 Å². The minimum absolute atomic E-state index is 0.129. The van der Waals surface area contributed by atoms with Crippen LogP contribution >= 0.6 is 11.3 Å². The van der Waals surface area contributed by atoms with Gasteiger partial charge in [-0.25, -0.2) is 9.97 Å². The second-order valence-electron chi connectivity index (χ2n) is 8.07. The zero-order valence-electron chi connectivity index (χ0n) is 17.9. The van der Waals surface area contributed by atoms with Crippen LogP contribution in [0.3, 0.4) is 0 Å². The van der Waals surface area contributed by atoms with E-state index in [2.05, 4.69) is 15.6 Å². The van der Waals surface area contributed by atoms with E-state index in [-0.39, 0.29) is 11.8 Å². The number of thiazole rings is 1. The number of hydrogen-bond acceptors (Lipinski definition) is 7. The smallest absolute Gasteiger partial charge is 0.257 e. The minimum Gasteiger partial charge on any atom is -0.383 e. The number of carbonyl (C=O) groups is 2. The summed E-state index contributed by atoms with van der Waals surface area (Å²) in [6.45, 7) is 1.59. The number of piperidine rings is 1. The van der Waals surface area contributed by atoms with Crippen molar-refractivity contribution in [1.29, 1.82) is 0 Å². The number of anilines is 1. The number of pyridine rings is 1. The molecule has 3 heterocycles. The van der Waals surface area contributed by atoms with Crippen molar-refractivity contribution in [2.75, 3.05) is 18.8 Å². The number of amides is 2. The molecule has 0 aliphatic carbocycles. The Bertz CT molecular complexity index is 1310. The lowest BCUT2D eigenvalue weighted by molar-refractivity contribution is -0.124. The first-order valence-electron chi connectivity index (χ1n) is 10.9. The van der Waals surface area contributed by atoms with Crippen molar-refractivity contribution in [3.63, 3.8) is 0 Å². The molecule has 166 valence electrons. The molecule has 0 saturated carbocycles. The first kappa shape index (κ1) is 21.2. The molecule has 4 N–H and O–H groups in total. The standard InChI is InChI=1S/C25H23N5O2S/c26-22-19(25-29-20-6-1-2-7-21(20)33-25)13-18(14-28-22)16-4-3-5-17(12-16)24(32)30-23(31)15-8-10-27-11-9-15/h1-7,12-15,27H,8-11H2,(H2,26,28)(H,30,31,32). The number of nitrogens with two attached hydrogens (primary N) is 1. The van der Waals surface area contributed by atoms with E-state index in [1.165, 1.54) is 0 Å². The van der Waals surface area contributed by atoms with E-state index >= 15 is 0 Å². The molecule has 7 nitrogen and oxygen atoms in total. The highest BCUT2D eigenvalue weighted by Gasteiger charge is 2.23. The number of nitrogens with zero attached hydrogens (tertiary/aromatic N) is 2. The quantitative estimate of drug-likeness (QED) is 0.402. The molecule has 0 spiro atoms. The van der Waals surface area contributed by atoms with E-state index in [9.17, 15) is 9.59 Å². The second kappa shape index (κ2) is 9.09. The molecule has 8 heteroatoms. The molecule has 5 rings (SSSR count). The molecule has 2 aromatic carbocycles. The molecule has 1 aliphatic heterocycles. The fraction of sp³-hybridized carbons (Fsp3) is 0.200. The number of fused-ring (bicyclic) bond motifs is 1. The van der Waals surface area contributed by atoms with E-state index in [0.29, 0.717) is 11.4 Å². The number of benzene rings is 2. The number of hydrogen-bond donors (Lipinski definition) is 3. The normalized spacial score (nSPS) is 14.3. The molecule has 2 amide bonds. The number of carbonyl (C=O) groups excluding carboxylic acids is 2. The Morgan fingerprint density at radius 1 is 1.03 bits per heavy atom. The average molecular weight is 458 g/mol. The van der Waals surface area contributed by atoms with Crippen molar-refractivity contribution in [2.24, 2.45) is 5.92 Å². The highest BCUT2D eigenvalue weighted by atomic mass is 32.1. The maximum absolute atomic E-state index is 12.7. The number of nitrogen functional groups attached to an aromatic ring is 1. The van der Waals surface area contributed by atoms with Crippen LogP contribution < -0.4 is 16.4 Å². The van der Waals surface area contributed by atoms with Gasteiger partial charge in [0, 0.05) is 23.2 Å². The Labute approximate surface area is 195 Å². The molecular weight excluding hydrogens is 434 g/mol. The van der Waals surface area contributed by atoms with Gasteiger partial charge >= 0.3 is 0 Å². The Morgan fingerprint density at radius 3 is 2.67 bits per heavy atom. The Kier molecular flexibility index (Phi) is 5.85. The summed E-state index contributed by atoms with van der Waals surface area (Å²) in [5, 5.41) is 6.58. The van der Waals surface area contributed by atoms with Crippen LogP contribution in [0.25, 0.3) is 31.9 Å².